The van der Waals surface area contributed by atoms with Gasteiger partial charge in [0, 0.05) is 11.3 Å². The van der Waals surface area contributed by atoms with Gasteiger partial charge in [-0.2, -0.15) is 0 Å². The van der Waals surface area contributed by atoms with Crippen LogP contribution in [-0.2, 0) is 4.74 Å². The van der Waals surface area contributed by atoms with Crippen molar-refractivity contribution in [2.75, 3.05) is 0 Å². The van der Waals surface area contributed by atoms with Crippen LogP contribution in [0.3, 0.4) is 0 Å². The summed E-state index contributed by atoms with van der Waals surface area (Å²) in [5.74, 6) is 0. The molecule has 0 aromatic carbocycles. The molecule has 68 valence electrons. The quantitative estimate of drug-likeness (QED) is 0.335. The van der Waals surface area contributed by atoms with Gasteiger partial charge in [-0.15, -0.1) is 0 Å². The van der Waals surface area contributed by atoms with E-state index >= 15 is 0 Å². The van der Waals surface area contributed by atoms with Crippen molar-refractivity contribution in [3.63, 3.8) is 0 Å². The Balaban J connectivity index is 2.65. The van der Waals surface area contributed by atoms with Crippen molar-refractivity contribution < 1.29 is 14.9 Å². The Morgan fingerprint density at radius 3 is 2.83 bits per heavy atom. The molecule has 0 spiro atoms. The minimum atomic E-state index is -0.945. The van der Waals surface area contributed by atoms with Crippen molar-refractivity contribution in [3.05, 3.63) is 10.4 Å². The second kappa shape index (κ2) is 3.73. The maximum absolute atomic E-state index is 9.39. The molecule has 0 radical (unpaired) electrons. The van der Waals surface area contributed by atoms with Crippen molar-refractivity contribution in [3.8, 4) is 0 Å². The Morgan fingerprint density at radius 1 is 1.58 bits per heavy atom. The lowest BCUT2D eigenvalue weighted by Crippen LogP contribution is -2.45. The van der Waals surface area contributed by atoms with E-state index in [2.05, 4.69) is 10.0 Å². The van der Waals surface area contributed by atoms with Gasteiger partial charge in [-0.3, -0.25) is 0 Å². The maximum atomic E-state index is 9.39. The zero-order valence-electron chi connectivity index (χ0n) is 6.66. The SMILES string of the molecule is C[C@@H]1OC(O)C[C@H](N=[N+]=[N-])[C@H]1O. The molecular weight excluding hydrogens is 162 g/mol. The molecule has 0 saturated carbocycles. The summed E-state index contributed by atoms with van der Waals surface area (Å²) in [4.78, 5) is 2.58. The number of hydrogen-bond acceptors (Lipinski definition) is 4. The second-order valence-electron chi connectivity index (χ2n) is 2.79. The fourth-order valence-electron chi connectivity index (χ4n) is 1.22. The van der Waals surface area contributed by atoms with Crippen molar-refractivity contribution in [1.29, 1.82) is 0 Å². The molecule has 0 aromatic heterocycles. The number of rotatable bonds is 1. The molecule has 6 nitrogen and oxygen atoms in total. The minimum absolute atomic E-state index is 0.148. The van der Waals surface area contributed by atoms with E-state index in [1.807, 2.05) is 0 Å². The van der Waals surface area contributed by atoms with Gasteiger partial charge in [0.25, 0.3) is 0 Å². The summed E-state index contributed by atoms with van der Waals surface area (Å²) in [7, 11) is 0. The van der Waals surface area contributed by atoms with Gasteiger partial charge in [0.05, 0.1) is 18.2 Å². The van der Waals surface area contributed by atoms with Crippen LogP contribution in [0.4, 0.5) is 0 Å². The molecule has 1 rings (SSSR count). The third kappa shape index (κ3) is 1.86. The Kier molecular flexibility index (Phi) is 2.88. The summed E-state index contributed by atoms with van der Waals surface area (Å²) in [6, 6.07) is -0.589. The number of hydrogen-bond donors (Lipinski definition) is 2. The van der Waals surface area contributed by atoms with Gasteiger partial charge in [0.15, 0.2) is 6.29 Å². The van der Waals surface area contributed by atoms with Crippen LogP contribution in [0, 0.1) is 0 Å². The molecule has 1 aliphatic heterocycles. The predicted molar refractivity (Wildman–Crippen MR) is 40.1 cm³/mol. The van der Waals surface area contributed by atoms with Crippen LogP contribution in [0.15, 0.2) is 5.11 Å². The van der Waals surface area contributed by atoms with Gasteiger partial charge < -0.3 is 14.9 Å². The van der Waals surface area contributed by atoms with Crippen LogP contribution in [0.2, 0.25) is 0 Å². The maximum Gasteiger partial charge on any atom is 0.155 e. The summed E-state index contributed by atoms with van der Waals surface area (Å²) in [5, 5.41) is 21.8. The topological polar surface area (TPSA) is 98.5 Å². The normalized spacial score (nSPS) is 41.9. The fraction of sp³-hybridized carbons (Fsp3) is 1.00. The third-order valence-electron chi connectivity index (χ3n) is 1.89. The van der Waals surface area contributed by atoms with E-state index in [4.69, 9.17) is 15.4 Å². The van der Waals surface area contributed by atoms with Crippen LogP contribution in [-0.4, -0.2) is 34.8 Å². The van der Waals surface area contributed by atoms with E-state index in [-0.39, 0.29) is 6.42 Å². The van der Waals surface area contributed by atoms with E-state index < -0.39 is 24.5 Å². The molecule has 0 amide bonds. The lowest BCUT2D eigenvalue weighted by molar-refractivity contribution is -0.198. The first kappa shape index (κ1) is 9.28. The Labute approximate surface area is 69.4 Å². The first-order chi connectivity index (χ1) is 5.65. The van der Waals surface area contributed by atoms with E-state index in [0.29, 0.717) is 0 Å². The number of aliphatic hydroxyl groups excluding tert-OH is 2. The average Bonchev–Trinajstić information content (AvgIpc) is 2.00. The number of azide groups is 1. The van der Waals surface area contributed by atoms with Gasteiger partial charge >= 0.3 is 0 Å². The zero-order valence-corrected chi connectivity index (χ0v) is 6.66. The van der Waals surface area contributed by atoms with Crippen molar-refractivity contribution >= 4 is 0 Å². The molecule has 1 saturated heterocycles. The Morgan fingerprint density at radius 2 is 2.25 bits per heavy atom. The van der Waals surface area contributed by atoms with Crippen molar-refractivity contribution in [2.24, 2.45) is 5.11 Å². The first-order valence-electron chi connectivity index (χ1n) is 3.71. The highest BCUT2D eigenvalue weighted by Crippen LogP contribution is 2.21. The van der Waals surface area contributed by atoms with Crippen LogP contribution in [0.1, 0.15) is 13.3 Å². The highest BCUT2D eigenvalue weighted by Gasteiger charge is 2.33. The Bertz CT molecular complexity index is 204. The van der Waals surface area contributed by atoms with Crippen LogP contribution in [0.5, 0.6) is 0 Å². The molecule has 6 heteroatoms. The first-order valence-corrected chi connectivity index (χ1v) is 3.71. The summed E-state index contributed by atoms with van der Waals surface area (Å²) in [6.45, 7) is 1.62. The van der Waals surface area contributed by atoms with E-state index in [1.165, 1.54) is 0 Å². The molecule has 0 bridgehead atoms. The fourth-order valence-corrected chi connectivity index (χ4v) is 1.22. The monoisotopic (exact) mass is 173 g/mol. The van der Waals surface area contributed by atoms with Gasteiger partial charge in [-0.05, 0) is 12.5 Å². The molecule has 1 fully saturated rings. The molecule has 0 aromatic rings. The molecule has 0 aliphatic carbocycles. The highest BCUT2D eigenvalue weighted by atomic mass is 16.6. The van der Waals surface area contributed by atoms with Gasteiger partial charge in [-0.1, -0.05) is 5.11 Å². The largest absolute Gasteiger partial charge is 0.390 e. The minimum Gasteiger partial charge on any atom is -0.390 e. The lowest BCUT2D eigenvalue weighted by Gasteiger charge is -2.33. The molecular formula is C6H11N3O3. The van der Waals surface area contributed by atoms with E-state index in [1.54, 1.807) is 6.92 Å². The predicted octanol–water partition coefficient (Wildman–Crippen LogP) is 0.153. The van der Waals surface area contributed by atoms with Gasteiger partial charge in [-0.25, -0.2) is 0 Å². The highest BCUT2D eigenvalue weighted by molar-refractivity contribution is 4.85. The van der Waals surface area contributed by atoms with Crippen molar-refractivity contribution in [1.82, 2.24) is 0 Å². The molecule has 1 aliphatic rings. The number of nitrogens with zero attached hydrogens (tertiary/aromatic N) is 3. The number of ether oxygens (including phenoxy) is 1. The lowest BCUT2D eigenvalue weighted by atomic mass is 10.0. The second-order valence-corrected chi connectivity index (χ2v) is 2.79. The van der Waals surface area contributed by atoms with E-state index in [9.17, 15) is 5.11 Å². The van der Waals surface area contributed by atoms with Crippen molar-refractivity contribution in [2.45, 2.75) is 37.9 Å². The molecule has 2 N–H and O–H groups in total. The molecule has 12 heavy (non-hydrogen) atoms. The average molecular weight is 173 g/mol. The van der Waals surface area contributed by atoms with Crippen LogP contribution in [0.25, 0.3) is 10.4 Å². The standard InChI is InChI=1S/C6H11N3O3/c1-3-6(11)4(8-9-7)2-5(10)12-3/h3-6,10-11H,2H2,1H3/t3-,4-,5?,6-/m0/s1. The molecule has 4 atom stereocenters. The summed E-state index contributed by atoms with van der Waals surface area (Å²) >= 11 is 0. The van der Waals surface area contributed by atoms with E-state index in [0.717, 1.165) is 0 Å². The van der Waals surface area contributed by atoms with Crippen LogP contribution < -0.4 is 0 Å². The summed E-state index contributed by atoms with van der Waals surface area (Å²) < 4.78 is 4.90. The van der Waals surface area contributed by atoms with Gasteiger partial charge in [0.1, 0.15) is 0 Å². The zero-order chi connectivity index (χ0) is 9.14. The summed E-state index contributed by atoms with van der Waals surface area (Å²) in [5.41, 5.74) is 8.13. The third-order valence-corrected chi connectivity index (χ3v) is 1.89. The smallest absolute Gasteiger partial charge is 0.155 e. The summed E-state index contributed by atoms with van der Waals surface area (Å²) in [6.07, 6.45) is -2.12. The van der Waals surface area contributed by atoms with Crippen LogP contribution >= 0.6 is 0 Å². The molecule has 1 heterocycles. The van der Waals surface area contributed by atoms with Gasteiger partial charge in [0.2, 0.25) is 0 Å². The number of aliphatic hydroxyl groups is 2. The Hall–Kier alpha value is -0.810. The molecule has 1 unspecified atom stereocenters.